The molecule has 1 unspecified atom stereocenters. The monoisotopic (exact) mass is 242 g/mol. The van der Waals surface area contributed by atoms with Gasteiger partial charge in [-0.15, -0.1) is 0 Å². The van der Waals surface area contributed by atoms with Gasteiger partial charge >= 0.3 is 0 Å². The summed E-state index contributed by atoms with van der Waals surface area (Å²) in [5.74, 6) is 0. The van der Waals surface area contributed by atoms with Crippen molar-refractivity contribution in [2.45, 2.75) is 4.45 Å². The molecule has 1 fully saturated rings. The van der Waals surface area contributed by atoms with Crippen molar-refractivity contribution in [3.8, 4) is 0 Å². The first-order valence-electron chi connectivity index (χ1n) is 4.53. The second-order valence-electron chi connectivity index (χ2n) is 3.24. The summed E-state index contributed by atoms with van der Waals surface area (Å²) in [6, 6.07) is 0. The molecule has 0 aromatic carbocycles. The molecule has 1 aliphatic carbocycles. The number of allylic oxidation sites excluding steroid dienone is 2. The highest BCUT2D eigenvalue weighted by atomic mass is 79.9. The van der Waals surface area contributed by atoms with E-state index in [0.717, 1.165) is 26.3 Å². The molecule has 71 valence electrons. The van der Waals surface area contributed by atoms with Crippen LogP contribution in [-0.2, 0) is 4.74 Å². The van der Waals surface area contributed by atoms with Crippen LogP contribution in [0.25, 0.3) is 0 Å². The van der Waals surface area contributed by atoms with Gasteiger partial charge in [-0.05, 0) is 0 Å². The molecule has 13 heavy (non-hydrogen) atoms. The first-order valence-corrected chi connectivity index (χ1v) is 5.33. The highest BCUT2D eigenvalue weighted by Crippen LogP contribution is 2.31. The lowest BCUT2D eigenvalue weighted by atomic mass is 10.1. The smallest absolute Gasteiger partial charge is 0.103 e. The molecule has 3 heteroatoms. The number of hydrogen-bond donors (Lipinski definition) is 0. The molecule has 1 radical (unpaired) electrons. The van der Waals surface area contributed by atoms with Crippen LogP contribution < -0.4 is 0 Å². The van der Waals surface area contributed by atoms with Crippen molar-refractivity contribution in [2.24, 2.45) is 0 Å². The minimum absolute atomic E-state index is 0.0778. The Balaban J connectivity index is 2.04. The maximum atomic E-state index is 5.32. The second-order valence-corrected chi connectivity index (χ2v) is 4.51. The van der Waals surface area contributed by atoms with Crippen molar-refractivity contribution in [2.75, 3.05) is 26.3 Å². The summed E-state index contributed by atoms with van der Waals surface area (Å²) < 4.78 is 5.24. The van der Waals surface area contributed by atoms with Gasteiger partial charge in [0, 0.05) is 19.5 Å². The highest BCUT2D eigenvalue weighted by molar-refractivity contribution is 9.10. The minimum Gasteiger partial charge on any atom is -0.379 e. The van der Waals surface area contributed by atoms with E-state index in [-0.39, 0.29) is 4.45 Å². The number of hydrogen-bond acceptors (Lipinski definition) is 2. The molecule has 1 aliphatic heterocycles. The predicted octanol–water partition coefficient (Wildman–Crippen LogP) is 1.74. The SMILES string of the molecule is BrC1(N2CCOCC2)[CH]C=CC=C1. The molecule has 0 saturated carbocycles. The van der Waals surface area contributed by atoms with Crippen LogP contribution in [0.2, 0.25) is 0 Å². The lowest BCUT2D eigenvalue weighted by molar-refractivity contribution is 0.0262. The summed E-state index contributed by atoms with van der Waals surface area (Å²) in [6.07, 6.45) is 10.5. The van der Waals surface area contributed by atoms with Crippen molar-refractivity contribution < 1.29 is 4.74 Å². The van der Waals surface area contributed by atoms with Crippen LogP contribution in [0, 0.1) is 6.42 Å². The fraction of sp³-hybridized carbons (Fsp3) is 0.500. The Bertz CT molecular complexity index is 233. The number of halogens is 1. The fourth-order valence-electron chi connectivity index (χ4n) is 1.62. The van der Waals surface area contributed by atoms with E-state index < -0.39 is 0 Å². The van der Waals surface area contributed by atoms with E-state index in [4.69, 9.17) is 4.74 Å². The Morgan fingerprint density at radius 1 is 1.15 bits per heavy atom. The molecule has 2 rings (SSSR count). The van der Waals surface area contributed by atoms with Gasteiger partial charge in [-0.1, -0.05) is 40.2 Å². The number of morpholine rings is 1. The number of ether oxygens (including phenoxy) is 1. The zero-order chi connectivity index (χ0) is 9.15. The van der Waals surface area contributed by atoms with Crippen LogP contribution in [-0.4, -0.2) is 35.7 Å². The van der Waals surface area contributed by atoms with E-state index in [1.807, 2.05) is 6.08 Å². The molecule has 0 spiro atoms. The maximum absolute atomic E-state index is 5.32. The largest absolute Gasteiger partial charge is 0.379 e. The van der Waals surface area contributed by atoms with Gasteiger partial charge < -0.3 is 4.74 Å². The molecule has 0 amide bonds. The Hall–Kier alpha value is -0.120. The van der Waals surface area contributed by atoms with Crippen LogP contribution in [0.15, 0.2) is 24.3 Å². The minimum atomic E-state index is -0.0778. The third-order valence-corrected chi connectivity index (χ3v) is 3.41. The third-order valence-electron chi connectivity index (χ3n) is 2.38. The average Bonchev–Trinajstić information content (AvgIpc) is 2.20. The first kappa shape index (κ1) is 9.44. The Labute approximate surface area is 87.4 Å². The van der Waals surface area contributed by atoms with E-state index in [1.165, 1.54) is 0 Å². The Morgan fingerprint density at radius 2 is 1.92 bits per heavy atom. The average molecular weight is 243 g/mol. The Morgan fingerprint density at radius 3 is 2.54 bits per heavy atom. The summed E-state index contributed by atoms with van der Waals surface area (Å²) in [6.45, 7) is 3.64. The van der Waals surface area contributed by atoms with Crippen LogP contribution >= 0.6 is 15.9 Å². The number of nitrogens with zero attached hydrogens (tertiary/aromatic N) is 1. The van der Waals surface area contributed by atoms with E-state index in [9.17, 15) is 0 Å². The van der Waals surface area contributed by atoms with E-state index in [0.29, 0.717) is 0 Å². The fourth-order valence-corrected chi connectivity index (χ4v) is 2.28. The van der Waals surface area contributed by atoms with Crippen LogP contribution in [0.5, 0.6) is 0 Å². The van der Waals surface area contributed by atoms with Gasteiger partial charge in [-0.25, -0.2) is 0 Å². The standard InChI is InChI=1S/C10H13BrNO/c11-10(4-2-1-3-5-10)12-6-8-13-9-7-12/h1-5H,6-9H2. The molecular weight excluding hydrogens is 230 g/mol. The quantitative estimate of drug-likeness (QED) is 0.513. The van der Waals surface area contributed by atoms with Crippen molar-refractivity contribution in [3.05, 3.63) is 30.7 Å². The van der Waals surface area contributed by atoms with Crippen molar-refractivity contribution in [1.82, 2.24) is 4.90 Å². The lowest BCUT2D eigenvalue weighted by Gasteiger charge is -2.39. The van der Waals surface area contributed by atoms with E-state index in [2.05, 4.69) is 45.5 Å². The Kier molecular flexibility index (Phi) is 2.86. The maximum Gasteiger partial charge on any atom is 0.103 e. The van der Waals surface area contributed by atoms with E-state index >= 15 is 0 Å². The van der Waals surface area contributed by atoms with Gasteiger partial charge in [-0.2, -0.15) is 0 Å². The summed E-state index contributed by atoms with van der Waals surface area (Å²) >= 11 is 3.73. The zero-order valence-corrected chi connectivity index (χ0v) is 9.03. The molecule has 2 nitrogen and oxygen atoms in total. The van der Waals surface area contributed by atoms with Crippen molar-refractivity contribution >= 4 is 15.9 Å². The molecule has 0 bridgehead atoms. The summed E-state index contributed by atoms with van der Waals surface area (Å²) in [7, 11) is 0. The van der Waals surface area contributed by atoms with Crippen molar-refractivity contribution in [1.29, 1.82) is 0 Å². The van der Waals surface area contributed by atoms with Gasteiger partial charge in [0.1, 0.15) is 4.45 Å². The molecular formula is C10H13BrNO. The van der Waals surface area contributed by atoms with Gasteiger partial charge in [0.2, 0.25) is 0 Å². The highest BCUT2D eigenvalue weighted by Gasteiger charge is 2.32. The molecule has 1 atom stereocenters. The third kappa shape index (κ3) is 2.03. The van der Waals surface area contributed by atoms with Crippen LogP contribution in [0.4, 0.5) is 0 Å². The van der Waals surface area contributed by atoms with E-state index in [1.54, 1.807) is 0 Å². The van der Waals surface area contributed by atoms with Crippen LogP contribution in [0.3, 0.4) is 0 Å². The normalized spacial score (nSPS) is 35.2. The number of alkyl halides is 1. The van der Waals surface area contributed by atoms with Crippen molar-refractivity contribution in [3.63, 3.8) is 0 Å². The molecule has 0 aromatic heterocycles. The second kappa shape index (κ2) is 3.95. The van der Waals surface area contributed by atoms with Gasteiger partial charge in [0.25, 0.3) is 0 Å². The molecule has 2 aliphatic rings. The zero-order valence-electron chi connectivity index (χ0n) is 7.45. The lowest BCUT2D eigenvalue weighted by Crippen LogP contribution is -2.49. The summed E-state index contributed by atoms with van der Waals surface area (Å²) in [4.78, 5) is 2.37. The number of rotatable bonds is 1. The molecule has 1 heterocycles. The summed E-state index contributed by atoms with van der Waals surface area (Å²) in [5, 5.41) is 0. The first-order chi connectivity index (χ1) is 6.31. The van der Waals surface area contributed by atoms with Gasteiger partial charge in [-0.3, -0.25) is 4.90 Å². The summed E-state index contributed by atoms with van der Waals surface area (Å²) in [5.41, 5.74) is 0. The molecule has 0 aromatic rings. The molecule has 1 saturated heterocycles. The topological polar surface area (TPSA) is 12.5 Å². The van der Waals surface area contributed by atoms with Crippen LogP contribution in [0.1, 0.15) is 0 Å². The molecule has 0 N–H and O–H groups in total. The predicted molar refractivity (Wildman–Crippen MR) is 56.6 cm³/mol. The van der Waals surface area contributed by atoms with Gasteiger partial charge in [0.05, 0.1) is 13.2 Å². The van der Waals surface area contributed by atoms with Gasteiger partial charge in [0.15, 0.2) is 0 Å².